The molecular formula is C21H23F2N3O3. The molecule has 29 heavy (non-hydrogen) atoms. The van der Waals surface area contributed by atoms with E-state index in [0.717, 1.165) is 42.8 Å². The number of carbonyl (C=O) groups is 1. The molecule has 0 aromatic heterocycles. The molecule has 2 heterocycles. The van der Waals surface area contributed by atoms with Crippen LogP contribution in [0.3, 0.4) is 0 Å². The third-order valence-corrected chi connectivity index (χ3v) is 5.17. The van der Waals surface area contributed by atoms with Gasteiger partial charge in [-0.05, 0) is 49.2 Å². The Kier molecular flexibility index (Phi) is 5.92. The van der Waals surface area contributed by atoms with Gasteiger partial charge < -0.3 is 20.1 Å². The van der Waals surface area contributed by atoms with Gasteiger partial charge in [-0.25, -0.2) is 13.6 Å². The quantitative estimate of drug-likeness (QED) is 0.819. The molecule has 2 aliphatic heterocycles. The van der Waals surface area contributed by atoms with E-state index in [-0.39, 0.29) is 30.5 Å². The Hall–Kier alpha value is -2.71. The molecule has 2 amide bonds. The number of carbonyl (C=O) groups excluding carboxylic acids is 1. The minimum atomic E-state index is -0.346. The Bertz CT molecular complexity index is 868. The van der Waals surface area contributed by atoms with Crippen LogP contribution in [0, 0.1) is 11.6 Å². The molecule has 0 radical (unpaired) electrons. The average Bonchev–Trinajstić information content (AvgIpc) is 2.71. The predicted molar refractivity (Wildman–Crippen MR) is 104 cm³/mol. The van der Waals surface area contributed by atoms with Crippen LogP contribution in [0.5, 0.6) is 5.75 Å². The van der Waals surface area contributed by atoms with Crippen molar-refractivity contribution in [3.63, 3.8) is 0 Å². The van der Waals surface area contributed by atoms with Crippen LogP contribution in [0.2, 0.25) is 0 Å². The average molecular weight is 403 g/mol. The van der Waals surface area contributed by atoms with Crippen LogP contribution in [0.15, 0.2) is 36.4 Å². The number of hydrogen-bond donors (Lipinski definition) is 2. The van der Waals surface area contributed by atoms with Gasteiger partial charge in [-0.3, -0.25) is 4.90 Å². The zero-order chi connectivity index (χ0) is 20.2. The number of benzene rings is 2. The second-order valence-electron chi connectivity index (χ2n) is 7.32. The molecule has 4 rings (SSSR count). The van der Waals surface area contributed by atoms with E-state index in [4.69, 9.17) is 9.47 Å². The summed E-state index contributed by atoms with van der Waals surface area (Å²) in [5, 5.41) is 5.66. The van der Waals surface area contributed by atoms with Gasteiger partial charge >= 0.3 is 6.03 Å². The SMILES string of the molecule is O=C(Nc1ccc(F)cc1)NC1CCN(Cc2cc(F)cc3c2OCOC3)CC1. The molecule has 0 aliphatic carbocycles. The number of anilines is 1. The Labute approximate surface area is 167 Å². The molecule has 0 saturated carbocycles. The van der Waals surface area contributed by atoms with Crippen molar-refractivity contribution in [3.05, 3.63) is 59.2 Å². The number of fused-ring (bicyclic) bond motifs is 1. The Morgan fingerprint density at radius 2 is 1.86 bits per heavy atom. The van der Waals surface area contributed by atoms with Gasteiger partial charge in [0.2, 0.25) is 0 Å². The summed E-state index contributed by atoms with van der Waals surface area (Å²) in [7, 11) is 0. The summed E-state index contributed by atoms with van der Waals surface area (Å²) >= 11 is 0. The number of urea groups is 1. The highest BCUT2D eigenvalue weighted by Gasteiger charge is 2.23. The van der Waals surface area contributed by atoms with Crippen LogP contribution < -0.4 is 15.4 Å². The predicted octanol–water partition coefficient (Wildman–Crippen LogP) is 3.62. The molecule has 0 atom stereocenters. The van der Waals surface area contributed by atoms with Crippen LogP contribution in [0.4, 0.5) is 19.3 Å². The highest BCUT2D eigenvalue weighted by atomic mass is 19.1. The van der Waals surface area contributed by atoms with Crippen molar-refractivity contribution in [3.8, 4) is 5.75 Å². The normalized spacial score (nSPS) is 17.3. The van der Waals surface area contributed by atoms with Crippen molar-refractivity contribution in [1.29, 1.82) is 0 Å². The lowest BCUT2D eigenvalue weighted by Crippen LogP contribution is -2.45. The molecule has 0 bridgehead atoms. The van der Waals surface area contributed by atoms with Gasteiger partial charge in [-0.1, -0.05) is 0 Å². The van der Waals surface area contributed by atoms with Gasteiger partial charge in [0.1, 0.15) is 17.4 Å². The van der Waals surface area contributed by atoms with E-state index in [0.29, 0.717) is 18.8 Å². The van der Waals surface area contributed by atoms with Crippen LogP contribution >= 0.6 is 0 Å². The second kappa shape index (κ2) is 8.75. The lowest BCUT2D eigenvalue weighted by atomic mass is 10.0. The Morgan fingerprint density at radius 1 is 1.10 bits per heavy atom. The van der Waals surface area contributed by atoms with Gasteiger partial charge in [0, 0.05) is 42.5 Å². The highest BCUT2D eigenvalue weighted by molar-refractivity contribution is 5.89. The lowest BCUT2D eigenvalue weighted by molar-refractivity contribution is -0.0177. The lowest BCUT2D eigenvalue weighted by Gasteiger charge is -2.33. The first-order chi connectivity index (χ1) is 14.1. The number of rotatable bonds is 4. The third-order valence-electron chi connectivity index (χ3n) is 5.17. The summed E-state index contributed by atoms with van der Waals surface area (Å²) in [5.41, 5.74) is 2.10. The van der Waals surface area contributed by atoms with Gasteiger partial charge in [0.25, 0.3) is 0 Å². The van der Waals surface area contributed by atoms with E-state index in [1.54, 1.807) is 0 Å². The molecule has 154 valence electrons. The molecular weight excluding hydrogens is 380 g/mol. The first-order valence-corrected chi connectivity index (χ1v) is 9.64. The van der Waals surface area contributed by atoms with E-state index in [9.17, 15) is 13.6 Å². The summed E-state index contributed by atoms with van der Waals surface area (Å²) in [6.07, 6.45) is 1.58. The number of piperidine rings is 1. The van der Waals surface area contributed by atoms with Crippen LogP contribution in [0.1, 0.15) is 24.0 Å². The zero-order valence-corrected chi connectivity index (χ0v) is 15.9. The minimum Gasteiger partial charge on any atom is -0.467 e. The summed E-state index contributed by atoms with van der Waals surface area (Å²) in [6.45, 7) is 2.69. The molecule has 1 saturated heterocycles. The number of ether oxygens (including phenoxy) is 2. The van der Waals surface area contributed by atoms with Gasteiger partial charge in [0.15, 0.2) is 6.79 Å². The molecule has 8 heteroatoms. The fourth-order valence-corrected chi connectivity index (χ4v) is 3.74. The molecule has 1 fully saturated rings. The number of halogens is 2. The maximum Gasteiger partial charge on any atom is 0.319 e. The van der Waals surface area contributed by atoms with Crippen molar-refractivity contribution in [2.75, 3.05) is 25.2 Å². The zero-order valence-electron chi connectivity index (χ0n) is 15.9. The summed E-state index contributed by atoms with van der Waals surface area (Å²) < 4.78 is 37.7. The fraction of sp³-hybridized carbons (Fsp3) is 0.381. The molecule has 2 aromatic carbocycles. The summed E-state index contributed by atoms with van der Waals surface area (Å²) in [4.78, 5) is 14.4. The standard InChI is InChI=1S/C21H23F2N3O3/c22-16-1-3-18(4-2-16)24-21(27)25-19-5-7-26(8-6-19)11-14-9-17(23)10-15-12-28-13-29-20(14)15/h1-4,9-10,19H,5-8,11-13H2,(H2,24,25,27). The molecule has 2 aliphatic rings. The smallest absolute Gasteiger partial charge is 0.319 e. The van der Waals surface area contributed by atoms with Crippen molar-refractivity contribution in [2.24, 2.45) is 0 Å². The topological polar surface area (TPSA) is 62.8 Å². The molecule has 0 spiro atoms. The highest BCUT2D eigenvalue weighted by Crippen LogP contribution is 2.31. The van der Waals surface area contributed by atoms with Crippen molar-refractivity contribution < 1.29 is 23.0 Å². The van der Waals surface area contributed by atoms with Crippen molar-refractivity contribution >= 4 is 11.7 Å². The first kappa shape index (κ1) is 19.6. The molecule has 2 aromatic rings. The van der Waals surface area contributed by atoms with Gasteiger partial charge in [0.05, 0.1) is 6.61 Å². The first-order valence-electron chi connectivity index (χ1n) is 9.64. The van der Waals surface area contributed by atoms with Gasteiger partial charge in [-0.2, -0.15) is 0 Å². The van der Waals surface area contributed by atoms with E-state index in [1.165, 1.54) is 36.4 Å². The number of nitrogens with one attached hydrogen (secondary N) is 2. The maximum absolute atomic E-state index is 13.9. The van der Waals surface area contributed by atoms with Crippen LogP contribution in [-0.2, 0) is 17.9 Å². The molecule has 6 nitrogen and oxygen atoms in total. The fourth-order valence-electron chi connectivity index (χ4n) is 3.74. The monoisotopic (exact) mass is 403 g/mol. The summed E-state index contributed by atoms with van der Waals surface area (Å²) in [5.74, 6) is 0.0826. The van der Waals surface area contributed by atoms with Crippen molar-refractivity contribution in [2.45, 2.75) is 32.0 Å². The Balaban J connectivity index is 1.28. The largest absolute Gasteiger partial charge is 0.467 e. The minimum absolute atomic E-state index is 0.0535. The molecule has 0 unspecified atom stereocenters. The van der Waals surface area contributed by atoms with Crippen LogP contribution in [-0.4, -0.2) is 36.9 Å². The molecule has 2 N–H and O–H groups in total. The number of amides is 2. The van der Waals surface area contributed by atoms with E-state index >= 15 is 0 Å². The third kappa shape index (κ3) is 5.02. The summed E-state index contributed by atoms with van der Waals surface area (Å²) in [6, 6.07) is 8.36. The van der Waals surface area contributed by atoms with Gasteiger partial charge in [-0.15, -0.1) is 0 Å². The van der Waals surface area contributed by atoms with E-state index in [2.05, 4.69) is 15.5 Å². The Morgan fingerprint density at radius 3 is 2.62 bits per heavy atom. The van der Waals surface area contributed by atoms with Crippen molar-refractivity contribution in [1.82, 2.24) is 10.2 Å². The number of hydrogen-bond acceptors (Lipinski definition) is 4. The maximum atomic E-state index is 13.9. The van der Waals surface area contributed by atoms with E-state index in [1.807, 2.05) is 0 Å². The number of nitrogens with zero attached hydrogens (tertiary/aromatic N) is 1. The van der Waals surface area contributed by atoms with Crippen LogP contribution in [0.25, 0.3) is 0 Å². The second-order valence-corrected chi connectivity index (χ2v) is 7.32. The van der Waals surface area contributed by atoms with E-state index < -0.39 is 0 Å². The number of likely N-dealkylation sites (tertiary alicyclic amines) is 1.